The molecule has 30 heavy (non-hydrogen) atoms. The highest BCUT2D eigenvalue weighted by molar-refractivity contribution is 7.14. The molecule has 6 heteroatoms. The Bertz CT molecular complexity index is 965. The normalized spacial score (nSPS) is 14.6. The Kier molecular flexibility index (Phi) is 6.64. The lowest BCUT2D eigenvalue weighted by Gasteiger charge is -2.31. The van der Waals surface area contributed by atoms with E-state index in [0.29, 0.717) is 12.5 Å². The van der Waals surface area contributed by atoms with E-state index in [1.165, 1.54) is 5.56 Å². The summed E-state index contributed by atoms with van der Waals surface area (Å²) in [5.41, 5.74) is 2.99. The van der Waals surface area contributed by atoms with E-state index in [-0.39, 0.29) is 6.42 Å². The number of hydrogen-bond acceptors (Lipinski definition) is 5. The van der Waals surface area contributed by atoms with Gasteiger partial charge >= 0.3 is 5.97 Å². The summed E-state index contributed by atoms with van der Waals surface area (Å²) in [6, 6.07) is 17.7. The number of rotatable bonds is 8. The van der Waals surface area contributed by atoms with Crippen LogP contribution in [0.2, 0.25) is 0 Å². The summed E-state index contributed by atoms with van der Waals surface area (Å²) < 4.78 is 5.88. The van der Waals surface area contributed by atoms with Crippen LogP contribution in [0.15, 0.2) is 60.0 Å². The quantitative estimate of drug-likeness (QED) is 0.546. The van der Waals surface area contributed by atoms with E-state index < -0.39 is 5.97 Å². The van der Waals surface area contributed by atoms with Crippen LogP contribution in [0.4, 0.5) is 5.13 Å². The molecule has 3 aromatic rings. The van der Waals surface area contributed by atoms with Crippen LogP contribution in [0.25, 0.3) is 11.3 Å². The largest absolute Gasteiger partial charge is 0.494 e. The van der Waals surface area contributed by atoms with Crippen LogP contribution in [0.1, 0.15) is 24.8 Å². The fraction of sp³-hybridized carbons (Fsp3) is 0.333. The number of hydrogen-bond donors (Lipinski definition) is 1. The summed E-state index contributed by atoms with van der Waals surface area (Å²) >= 11 is 1.72. The van der Waals surface area contributed by atoms with Gasteiger partial charge in [-0.3, -0.25) is 4.79 Å². The second kappa shape index (κ2) is 9.76. The van der Waals surface area contributed by atoms with Crippen molar-refractivity contribution < 1.29 is 14.6 Å². The second-order valence-corrected chi connectivity index (χ2v) is 8.50. The molecule has 0 amide bonds. The molecule has 5 nitrogen and oxygen atoms in total. The van der Waals surface area contributed by atoms with Gasteiger partial charge < -0.3 is 14.7 Å². The maximum absolute atomic E-state index is 10.9. The van der Waals surface area contributed by atoms with Gasteiger partial charge in [-0.2, -0.15) is 0 Å². The maximum Gasteiger partial charge on any atom is 0.307 e. The molecule has 0 saturated carbocycles. The molecule has 0 radical (unpaired) electrons. The van der Waals surface area contributed by atoms with Crippen molar-refractivity contribution >= 4 is 22.4 Å². The topological polar surface area (TPSA) is 62.7 Å². The number of thiazole rings is 1. The van der Waals surface area contributed by atoms with Gasteiger partial charge in [0.2, 0.25) is 0 Å². The molecular formula is C24H26N2O3S. The van der Waals surface area contributed by atoms with E-state index in [2.05, 4.69) is 22.4 Å². The Labute approximate surface area is 181 Å². The zero-order valence-electron chi connectivity index (χ0n) is 16.9. The van der Waals surface area contributed by atoms with E-state index in [4.69, 9.17) is 14.8 Å². The van der Waals surface area contributed by atoms with Crippen molar-refractivity contribution in [3.63, 3.8) is 0 Å². The Balaban J connectivity index is 1.23. The zero-order chi connectivity index (χ0) is 20.8. The highest BCUT2D eigenvalue weighted by Crippen LogP contribution is 2.31. The minimum absolute atomic E-state index is 0.0262. The Morgan fingerprint density at radius 3 is 2.70 bits per heavy atom. The number of aliphatic carboxylic acids is 1. The van der Waals surface area contributed by atoms with Crippen molar-refractivity contribution in [1.29, 1.82) is 0 Å². The molecular weight excluding hydrogens is 396 g/mol. The van der Waals surface area contributed by atoms with Crippen molar-refractivity contribution in [3.05, 3.63) is 65.5 Å². The molecule has 2 heterocycles. The lowest BCUT2D eigenvalue weighted by Crippen LogP contribution is -2.34. The minimum Gasteiger partial charge on any atom is -0.494 e. The summed E-state index contributed by atoms with van der Waals surface area (Å²) in [5, 5.41) is 12.2. The van der Waals surface area contributed by atoms with Crippen LogP contribution in [-0.4, -0.2) is 35.8 Å². The lowest BCUT2D eigenvalue weighted by molar-refractivity contribution is -0.136. The summed E-state index contributed by atoms with van der Waals surface area (Å²) in [7, 11) is 0. The molecule has 156 valence electrons. The standard InChI is InChI=1S/C24H26N2O3S/c27-23(28)16-19-5-4-8-21(15-19)29-14-11-18-9-12-26(13-10-18)24-25-22(17-30-24)20-6-2-1-3-7-20/h1-8,15,17-18H,9-14,16H2,(H,27,28). The molecule has 1 aromatic heterocycles. The first-order valence-corrected chi connectivity index (χ1v) is 11.2. The van der Waals surface area contributed by atoms with E-state index >= 15 is 0 Å². The average molecular weight is 423 g/mol. The summed E-state index contributed by atoms with van der Waals surface area (Å²) in [6.45, 7) is 2.72. The molecule has 0 unspecified atom stereocenters. The number of anilines is 1. The molecule has 0 aliphatic carbocycles. The summed E-state index contributed by atoms with van der Waals surface area (Å²) in [6.07, 6.45) is 3.33. The van der Waals surface area contributed by atoms with Gasteiger partial charge in [-0.05, 0) is 42.9 Å². The van der Waals surface area contributed by atoms with Gasteiger partial charge in [0.1, 0.15) is 5.75 Å². The number of carboxylic acid groups (broad SMARTS) is 1. The fourth-order valence-corrected chi connectivity index (χ4v) is 4.72. The highest BCUT2D eigenvalue weighted by atomic mass is 32.1. The third-order valence-electron chi connectivity index (χ3n) is 5.50. The third kappa shape index (κ3) is 5.39. The number of carboxylic acids is 1. The lowest BCUT2D eigenvalue weighted by atomic mass is 9.94. The number of ether oxygens (including phenoxy) is 1. The van der Waals surface area contributed by atoms with Crippen molar-refractivity contribution in [2.45, 2.75) is 25.7 Å². The fourth-order valence-electron chi connectivity index (χ4n) is 3.83. The Hall–Kier alpha value is -2.86. The number of aromatic nitrogens is 1. The zero-order valence-corrected chi connectivity index (χ0v) is 17.7. The van der Waals surface area contributed by atoms with Gasteiger partial charge in [-0.15, -0.1) is 11.3 Å². The van der Waals surface area contributed by atoms with Gasteiger partial charge in [0, 0.05) is 24.0 Å². The van der Waals surface area contributed by atoms with Gasteiger partial charge in [0.05, 0.1) is 18.7 Å². The first-order chi connectivity index (χ1) is 14.7. The molecule has 1 saturated heterocycles. The van der Waals surface area contributed by atoms with E-state index in [1.807, 2.05) is 42.5 Å². The Morgan fingerprint density at radius 1 is 1.13 bits per heavy atom. The van der Waals surface area contributed by atoms with Crippen LogP contribution in [0.3, 0.4) is 0 Å². The molecule has 1 aliphatic rings. The summed E-state index contributed by atoms with van der Waals surface area (Å²) in [5.74, 6) is 0.578. The second-order valence-electron chi connectivity index (χ2n) is 7.67. The molecule has 2 aromatic carbocycles. The van der Waals surface area contributed by atoms with Crippen LogP contribution >= 0.6 is 11.3 Å². The molecule has 0 atom stereocenters. The smallest absolute Gasteiger partial charge is 0.307 e. The molecule has 1 N–H and O–H groups in total. The van der Waals surface area contributed by atoms with Crippen molar-refractivity contribution in [3.8, 4) is 17.0 Å². The monoisotopic (exact) mass is 422 g/mol. The molecule has 1 aliphatic heterocycles. The van der Waals surface area contributed by atoms with Crippen LogP contribution < -0.4 is 9.64 Å². The predicted molar refractivity (Wildman–Crippen MR) is 120 cm³/mol. The van der Waals surface area contributed by atoms with E-state index in [0.717, 1.165) is 54.5 Å². The number of nitrogens with zero attached hydrogens (tertiary/aromatic N) is 2. The van der Waals surface area contributed by atoms with Crippen molar-refractivity contribution in [2.75, 3.05) is 24.6 Å². The number of piperidine rings is 1. The predicted octanol–water partition coefficient (Wildman–Crippen LogP) is 5.12. The van der Waals surface area contributed by atoms with Crippen LogP contribution in [0, 0.1) is 5.92 Å². The SMILES string of the molecule is O=C(O)Cc1cccc(OCCC2CCN(c3nc(-c4ccccc4)cs3)CC2)c1. The molecule has 1 fully saturated rings. The molecule has 0 bridgehead atoms. The van der Waals surface area contributed by atoms with Gasteiger partial charge in [-0.1, -0.05) is 42.5 Å². The van der Waals surface area contributed by atoms with E-state index in [9.17, 15) is 4.79 Å². The first-order valence-electron chi connectivity index (χ1n) is 10.4. The van der Waals surface area contributed by atoms with Gasteiger partial charge in [-0.25, -0.2) is 4.98 Å². The number of carbonyl (C=O) groups is 1. The number of benzene rings is 2. The van der Waals surface area contributed by atoms with E-state index in [1.54, 1.807) is 11.3 Å². The first kappa shape index (κ1) is 20.4. The minimum atomic E-state index is -0.824. The molecule has 4 rings (SSSR count). The third-order valence-corrected chi connectivity index (χ3v) is 6.40. The molecule has 0 spiro atoms. The Morgan fingerprint density at radius 2 is 1.93 bits per heavy atom. The highest BCUT2D eigenvalue weighted by Gasteiger charge is 2.21. The van der Waals surface area contributed by atoms with Crippen molar-refractivity contribution in [1.82, 2.24) is 4.98 Å². The average Bonchev–Trinajstić information content (AvgIpc) is 3.25. The van der Waals surface area contributed by atoms with Crippen LogP contribution in [-0.2, 0) is 11.2 Å². The van der Waals surface area contributed by atoms with Gasteiger partial charge in [0.25, 0.3) is 0 Å². The van der Waals surface area contributed by atoms with Crippen molar-refractivity contribution in [2.24, 2.45) is 5.92 Å². The van der Waals surface area contributed by atoms with Crippen LogP contribution in [0.5, 0.6) is 5.75 Å². The summed E-state index contributed by atoms with van der Waals surface area (Å²) in [4.78, 5) is 18.1. The van der Waals surface area contributed by atoms with Gasteiger partial charge in [0.15, 0.2) is 5.13 Å². The maximum atomic E-state index is 10.9.